The first-order chi connectivity index (χ1) is 9.72. The van der Waals surface area contributed by atoms with E-state index >= 15 is 0 Å². The van der Waals surface area contributed by atoms with Crippen molar-refractivity contribution in [1.29, 1.82) is 0 Å². The van der Waals surface area contributed by atoms with Gasteiger partial charge in [0.1, 0.15) is 5.52 Å². The van der Waals surface area contributed by atoms with Crippen LogP contribution in [0.25, 0.3) is 11.2 Å². The quantitative estimate of drug-likeness (QED) is 0.873. The van der Waals surface area contributed by atoms with Gasteiger partial charge in [0.15, 0.2) is 5.65 Å². The number of ether oxygens (including phenoxy) is 1. The second kappa shape index (κ2) is 5.73. The van der Waals surface area contributed by atoms with Gasteiger partial charge in [-0.05, 0) is 18.3 Å². The van der Waals surface area contributed by atoms with Crippen LogP contribution in [-0.4, -0.2) is 26.5 Å². The second-order valence-electron chi connectivity index (χ2n) is 5.58. The molecule has 2 aromatic heterocycles. The van der Waals surface area contributed by atoms with Crippen LogP contribution in [0.3, 0.4) is 0 Å². The van der Waals surface area contributed by atoms with Gasteiger partial charge in [-0.2, -0.15) is 14.4 Å². The van der Waals surface area contributed by atoms with E-state index in [4.69, 9.17) is 4.74 Å². The molecular formula is C14H19FN4O. The maximum atomic E-state index is 12.9. The molecule has 0 bridgehead atoms. The number of H-pyrrole nitrogens is 1. The van der Waals surface area contributed by atoms with Gasteiger partial charge in [-0.25, -0.2) is 4.98 Å². The van der Waals surface area contributed by atoms with E-state index in [0.29, 0.717) is 23.8 Å². The number of aromatic amines is 1. The highest BCUT2D eigenvalue weighted by atomic mass is 19.1. The summed E-state index contributed by atoms with van der Waals surface area (Å²) in [5, 5.41) is 0. The Morgan fingerprint density at radius 3 is 3.05 bits per heavy atom. The molecule has 108 valence electrons. The highest BCUT2D eigenvalue weighted by Crippen LogP contribution is 2.31. The standard InChI is InChI=1S/C14H19FN4O/c1-9-4-2-3-5-10(9)6-7-20-14-17-11-8-16-13(15)18-12(11)19-14/h8-10H,2-7H2,1H3,(H,16,17,18,19). The lowest BCUT2D eigenvalue weighted by Gasteiger charge is -2.28. The van der Waals surface area contributed by atoms with Gasteiger partial charge in [0.2, 0.25) is 0 Å². The minimum atomic E-state index is -0.772. The van der Waals surface area contributed by atoms with Crippen molar-refractivity contribution in [3.05, 3.63) is 12.3 Å². The van der Waals surface area contributed by atoms with E-state index in [-0.39, 0.29) is 0 Å². The molecule has 3 rings (SSSR count). The van der Waals surface area contributed by atoms with Crippen molar-refractivity contribution in [3.8, 4) is 6.01 Å². The third-order valence-electron chi connectivity index (χ3n) is 4.20. The summed E-state index contributed by atoms with van der Waals surface area (Å²) in [5.41, 5.74) is 0.894. The van der Waals surface area contributed by atoms with Crippen molar-refractivity contribution < 1.29 is 9.13 Å². The fraction of sp³-hybridized carbons (Fsp3) is 0.643. The van der Waals surface area contributed by atoms with Crippen LogP contribution >= 0.6 is 0 Å². The summed E-state index contributed by atoms with van der Waals surface area (Å²) in [6, 6.07) is 0.392. The van der Waals surface area contributed by atoms with Crippen molar-refractivity contribution in [2.75, 3.05) is 6.61 Å². The molecule has 2 atom stereocenters. The topological polar surface area (TPSA) is 63.7 Å². The molecule has 2 aromatic rings. The van der Waals surface area contributed by atoms with E-state index in [1.807, 2.05) is 0 Å². The maximum absolute atomic E-state index is 12.9. The fourth-order valence-corrected chi connectivity index (χ4v) is 2.96. The third-order valence-corrected chi connectivity index (χ3v) is 4.20. The van der Waals surface area contributed by atoms with Crippen LogP contribution in [0.4, 0.5) is 4.39 Å². The molecule has 2 heterocycles. The summed E-state index contributed by atoms with van der Waals surface area (Å²) in [6.45, 7) is 2.95. The first-order valence-electron chi connectivity index (χ1n) is 7.23. The number of imidazole rings is 1. The zero-order chi connectivity index (χ0) is 13.9. The molecule has 0 aliphatic heterocycles. The smallest absolute Gasteiger partial charge is 0.310 e. The molecule has 0 aromatic carbocycles. The van der Waals surface area contributed by atoms with Gasteiger partial charge in [-0.15, -0.1) is 0 Å². The lowest BCUT2D eigenvalue weighted by atomic mass is 9.79. The van der Waals surface area contributed by atoms with E-state index in [1.54, 1.807) is 0 Å². The van der Waals surface area contributed by atoms with Crippen LogP contribution in [0.5, 0.6) is 6.01 Å². The molecule has 1 aliphatic carbocycles. The lowest BCUT2D eigenvalue weighted by molar-refractivity contribution is 0.191. The number of hydrogen-bond donors (Lipinski definition) is 1. The minimum absolute atomic E-state index is 0.304. The number of rotatable bonds is 4. The normalized spacial score (nSPS) is 23.1. The number of nitrogens with one attached hydrogen (secondary N) is 1. The van der Waals surface area contributed by atoms with Crippen LogP contribution in [0.15, 0.2) is 6.20 Å². The monoisotopic (exact) mass is 278 g/mol. The average Bonchev–Trinajstić information content (AvgIpc) is 2.83. The summed E-state index contributed by atoms with van der Waals surface area (Å²) < 4.78 is 18.5. The first-order valence-corrected chi connectivity index (χ1v) is 7.23. The lowest BCUT2D eigenvalue weighted by Crippen LogP contribution is -2.19. The third kappa shape index (κ3) is 2.89. The first kappa shape index (κ1) is 13.3. The number of hydrogen-bond acceptors (Lipinski definition) is 4. The zero-order valence-corrected chi connectivity index (χ0v) is 11.6. The van der Waals surface area contributed by atoms with Crippen LogP contribution in [0, 0.1) is 17.9 Å². The molecular weight excluding hydrogens is 259 g/mol. The number of fused-ring (bicyclic) bond motifs is 1. The molecule has 1 fully saturated rings. The van der Waals surface area contributed by atoms with Gasteiger partial charge in [0, 0.05) is 0 Å². The summed E-state index contributed by atoms with van der Waals surface area (Å²) in [4.78, 5) is 14.1. The highest BCUT2D eigenvalue weighted by molar-refractivity contribution is 5.69. The molecule has 2 unspecified atom stereocenters. The van der Waals surface area contributed by atoms with Crippen LogP contribution in [-0.2, 0) is 0 Å². The van der Waals surface area contributed by atoms with Crippen molar-refractivity contribution in [2.24, 2.45) is 11.8 Å². The van der Waals surface area contributed by atoms with Crippen LogP contribution in [0.2, 0.25) is 0 Å². The molecule has 0 saturated heterocycles. The largest absolute Gasteiger partial charge is 0.465 e. The van der Waals surface area contributed by atoms with Gasteiger partial charge in [0.25, 0.3) is 6.01 Å². The minimum Gasteiger partial charge on any atom is -0.465 e. The summed E-state index contributed by atoms with van der Waals surface area (Å²) >= 11 is 0. The Kier molecular flexibility index (Phi) is 3.80. The summed E-state index contributed by atoms with van der Waals surface area (Å²) in [5.74, 6) is 1.52. The van der Waals surface area contributed by atoms with Gasteiger partial charge in [-0.3, -0.25) is 0 Å². The van der Waals surface area contributed by atoms with Crippen molar-refractivity contribution in [2.45, 2.75) is 39.0 Å². The van der Waals surface area contributed by atoms with E-state index in [2.05, 4.69) is 26.9 Å². The summed E-state index contributed by atoms with van der Waals surface area (Å²) in [6.07, 6.45) is 6.94. The Hall–Kier alpha value is -1.72. The number of halogens is 1. The Labute approximate surface area is 117 Å². The second-order valence-corrected chi connectivity index (χ2v) is 5.58. The Bertz CT molecular complexity index is 586. The maximum Gasteiger partial charge on any atom is 0.310 e. The molecule has 6 heteroatoms. The van der Waals surface area contributed by atoms with E-state index in [0.717, 1.165) is 18.3 Å². The molecule has 0 amide bonds. The Morgan fingerprint density at radius 2 is 2.20 bits per heavy atom. The van der Waals surface area contributed by atoms with Crippen LogP contribution in [0.1, 0.15) is 39.0 Å². The van der Waals surface area contributed by atoms with Gasteiger partial charge < -0.3 is 9.72 Å². The Balaban J connectivity index is 1.57. The number of nitrogens with zero attached hydrogens (tertiary/aromatic N) is 3. The molecule has 1 N–H and O–H groups in total. The predicted molar refractivity (Wildman–Crippen MR) is 72.9 cm³/mol. The van der Waals surface area contributed by atoms with Gasteiger partial charge in [-0.1, -0.05) is 32.6 Å². The predicted octanol–water partition coefficient (Wildman–Crippen LogP) is 3.09. The zero-order valence-electron chi connectivity index (χ0n) is 11.6. The van der Waals surface area contributed by atoms with Gasteiger partial charge >= 0.3 is 6.08 Å². The fourth-order valence-electron chi connectivity index (χ4n) is 2.96. The van der Waals surface area contributed by atoms with E-state index < -0.39 is 6.08 Å². The summed E-state index contributed by atoms with van der Waals surface area (Å²) in [7, 11) is 0. The molecule has 1 aliphatic rings. The van der Waals surface area contributed by atoms with Crippen LogP contribution < -0.4 is 4.74 Å². The van der Waals surface area contributed by atoms with E-state index in [1.165, 1.54) is 31.9 Å². The molecule has 0 radical (unpaired) electrons. The van der Waals surface area contributed by atoms with E-state index in [9.17, 15) is 4.39 Å². The van der Waals surface area contributed by atoms with Crippen molar-refractivity contribution in [3.63, 3.8) is 0 Å². The Morgan fingerprint density at radius 1 is 1.35 bits per heavy atom. The van der Waals surface area contributed by atoms with Crippen molar-refractivity contribution in [1.82, 2.24) is 19.9 Å². The molecule has 0 spiro atoms. The SMILES string of the molecule is CC1CCCCC1CCOc1nc2nc(F)ncc2[nH]1. The highest BCUT2D eigenvalue weighted by Gasteiger charge is 2.21. The molecule has 1 saturated carbocycles. The molecule has 5 nitrogen and oxygen atoms in total. The average molecular weight is 278 g/mol. The van der Waals surface area contributed by atoms with Gasteiger partial charge in [0.05, 0.1) is 12.8 Å². The molecule has 20 heavy (non-hydrogen) atoms. The van der Waals surface area contributed by atoms with Crippen molar-refractivity contribution >= 4 is 11.2 Å². The number of aromatic nitrogens is 4.